The molecule has 1 atom stereocenters. The van der Waals surface area contributed by atoms with Crippen molar-refractivity contribution >= 4 is 35.1 Å². The summed E-state index contributed by atoms with van der Waals surface area (Å²) in [7, 11) is 0. The number of rotatable bonds is 5. The van der Waals surface area contributed by atoms with Crippen LogP contribution in [-0.4, -0.2) is 41.9 Å². The Kier molecular flexibility index (Phi) is 6.45. The minimum Gasteiger partial charge on any atom is -0.483 e. The Morgan fingerprint density at radius 2 is 2.23 bits per heavy atom. The summed E-state index contributed by atoms with van der Waals surface area (Å²) in [5, 5.41) is 0.655. The fourth-order valence-electron chi connectivity index (χ4n) is 3.03. The molecule has 0 radical (unpaired) electrons. The van der Waals surface area contributed by atoms with Gasteiger partial charge in [-0.2, -0.15) is 4.98 Å². The van der Waals surface area contributed by atoms with Crippen LogP contribution in [-0.2, 0) is 4.74 Å². The number of hydrogen-bond donors (Lipinski definition) is 1. The first-order valence-electron chi connectivity index (χ1n) is 8.45. The minimum absolute atomic E-state index is 0.0479. The molecule has 3 rings (SSSR count). The summed E-state index contributed by atoms with van der Waals surface area (Å²) in [5.74, 6) is 2.42. The van der Waals surface area contributed by atoms with E-state index in [4.69, 9.17) is 26.8 Å². The zero-order valence-corrected chi connectivity index (χ0v) is 16.5. The molecule has 1 saturated heterocycles. The fourth-order valence-corrected chi connectivity index (χ4v) is 3.58. The summed E-state index contributed by atoms with van der Waals surface area (Å²) >= 11 is 8.20. The van der Waals surface area contributed by atoms with E-state index in [1.165, 1.54) is 0 Å². The maximum absolute atomic E-state index is 6.58. The van der Waals surface area contributed by atoms with E-state index in [2.05, 4.69) is 14.9 Å². The first kappa shape index (κ1) is 19.1. The molecule has 1 fully saturated rings. The molecule has 1 aromatic carbocycles. The van der Waals surface area contributed by atoms with E-state index in [1.54, 1.807) is 11.8 Å². The van der Waals surface area contributed by atoms with Crippen molar-refractivity contribution in [1.29, 1.82) is 0 Å². The van der Waals surface area contributed by atoms with Crippen LogP contribution in [0.5, 0.6) is 5.75 Å². The number of nitrogens with zero attached hydrogens (tertiary/aromatic N) is 3. The molecule has 2 heterocycles. The summed E-state index contributed by atoms with van der Waals surface area (Å²) in [6.45, 7) is 3.96. The molecule has 0 amide bonds. The molecular formula is C18H23ClN4O2S. The van der Waals surface area contributed by atoms with E-state index in [0.717, 1.165) is 35.8 Å². The predicted molar refractivity (Wildman–Crippen MR) is 107 cm³/mol. The number of ether oxygens (including phenoxy) is 2. The highest BCUT2D eigenvalue weighted by Gasteiger charge is 2.27. The van der Waals surface area contributed by atoms with Crippen LogP contribution < -0.4 is 15.4 Å². The lowest BCUT2D eigenvalue weighted by molar-refractivity contribution is 0.134. The second kappa shape index (κ2) is 8.79. The second-order valence-electron chi connectivity index (χ2n) is 6.10. The standard InChI is InChI=1S/C18H23ClN4O2S/c1-12-8-17(22-18(20)21-12)23-6-3-7-24-10-16(23)14-5-4-13(9-15(14)19)25-11-26-2/h4-5,8-9,16H,3,6-7,10-11H2,1-2H3,(H2,20,21,22). The van der Waals surface area contributed by atoms with Crippen LogP contribution in [0.4, 0.5) is 11.8 Å². The van der Waals surface area contributed by atoms with Gasteiger partial charge in [-0.05, 0) is 37.3 Å². The molecule has 1 aliphatic rings. The van der Waals surface area contributed by atoms with Crippen molar-refractivity contribution < 1.29 is 9.47 Å². The minimum atomic E-state index is -0.0479. The molecule has 26 heavy (non-hydrogen) atoms. The first-order chi connectivity index (χ1) is 12.6. The van der Waals surface area contributed by atoms with Crippen LogP contribution >= 0.6 is 23.4 Å². The van der Waals surface area contributed by atoms with Crippen LogP contribution in [0, 0.1) is 6.92 Å². The molecule has 0 spiro atoms. The van der Waals surface area contributed by atoms with Gasteiger partial charge in [-0.25, -0.2) is 4.98 Å². The number of nitrogen functional groups attached to an aromatic ring is 1. The first-order valence-corrected chi connectivity index (χ1v) is 10.2. The lowest BCUT2D eigenvalue weighted by Crippen LogP contribution is -2.32. The van der Waals surface area contributed by atoms with Crippen LogP contribution in [0.1, 0.15) is 23.7 Å². The van der Waals surface area contributed by atoms with Crippen LogP contribution in [0.15, 0.2) is 24.3 Å². The van der Waals surface area contributed by atoms with Gasteiger partial charge in [0.1, 0.15) is 17.5 Å². The molecule has 0 aliphatic carbocycles. The van der Waals surface area contributed by atoms with Crippen molar-refractivity contribution in [3.8, 4) is 5.75 Å². The Balaban J connectivity index is 1.94. The average Bonchev–Trinajstić information content (AvgIpc) is 2.85. The van der Waals surface area contributed by atoms with Crippen molar-refractivity contribution in [2.75, 3.05) is 42.6 Å². The molecular weight excluding hydrogens is 372 g/mol. The highest BCUT2D eigenvalue weighted by molar-refractivity contribution is 7.98. The summed E-state index contributed by atoms with van der Waals surface area (Å²) in [6, 6.07) is 7.70. The third-order valence-corrected chi connectivity index (χ3v) is 4.85. The van der Waals surface area contributed by atoms with Gasteiger partial charge in [-0.1, -0.05) is 17.7 Å². The Morgan fingerprint density at radius 3 is 2.96 bits per heavy atom. The van der Waals surface area contributed by atoms with Crippen LogP contribution in [0.3, 0.4) is 0 Å². The number of thioether (sulfide) groups is 1. The van der Waals surface area contributed by atoms with Gasteiger partial charge < -0.3 is 20.1 Å². The Morgan fingerprint density at radius 1 is 1.38 bits per heavy atom. The Hall–Kier alpha value is -1.70. The molecule has 8 heteroatoms. The Bertz CT molecular complexity index is 742. The monoisotopic (exact) mass is 394 g/mol. The van der Waals surface area contributed by atoms with E-state index in [0.29, 0.717) is 24.2 Å². The van der Waals surface area contributed by atoms with E-state index in [9.17, 15) is 0 Å². The van der Waals surface area contributed by atoms with E-state index in [-0.39, 0.29) is 12.0 Å². The topological polar surface area (TPSA) is 73.5 Å². The molecule has 1 unspecified atom stereocenters. The van der Waals surface area contributed by atoms with E-state index in [1.807, 2.05) is 37.4 Å². The molecule has 1 aromatic heterocycles. The number of aryl methyl sites for hydroxylation is 1. The van der Waals surface area contributed by atoms with Crippen molar-refractivity contribution in [2.24, 2.45) is 0 Å². The van der Waals surface area contributed by atoms with Crippen molar-refractivity contribution in [3.63, 3.8) is 0 Å². The number of aromatic nitrogens is 2. The zero-order chi connectivity index (χ0) is 18.5. The Labute approximate surface area is 163 Å². The number of nitrogens with two attached hydrogens (primary N) is 1. The van der Waals surface area contributed by atoms with Crippen molar-refractivity contribution in [1.82, 2.24) is 9.97 Å². The molecule has 0 saturated carbocycles. The summed E-state index contributed by atoms with van der Waals surface area (Å²) in [4.78, 5) is 10.8. The van der Waals surface area contributed by atoms with Gasteiger partial charge in [0.25, 0.3) is 0 Å². The molecule has 1 aliphatic heterocycles. The fraction of sp³-hybridized carbons (Fsp3) is 0.444. The summed E-state index contributed by atoms with van der Waals surface area (Å²) < 4.78 is 11.5. The van der Waals surface area contributed by atoms with E-state index >= 15 is 0 Å². The molecule has 140 valence electrons. The quantitative estimate of drug-likeness (QED) is 0.775. The van der Waals surface area contributed by atoms with E-state index < -0.39 is 0 Å². The lowest BCUT2D eigenvalue weighted by atomic mass is 10.1. The smallest absolute Gasteiger partial charge is 0.222 e. The van der Waals surface area contributed by atoms with Crippen molar-refractivity contribution in [2.45, 2.75) is 19.4 Å². The van der Waals surface area contributed by atoms with Gasteiger partial charge in [-0.15, -0.1) is 11.8 Å². The SMILES string of the molecule is CSCOc1ccc(C2COCCCN2c2cc(C)nc(N)n2)c(Cl)c1. The highest BCUT2D eigenvalue weighted by Crippen LogP contribution is 2.35. The maximum Gasteiger partial charge on any atom is 0.222 e. The molecule has 0 bridgehead atoms. The van der Waals surface area contributed by atoms with Gasteiger partial charge in [0.2, 0.25) is 5.95 Å². The number of anilines is 2. The normalized spacial score (nSPS) is 17.8. The highest BCUT2D eigenvalue weighted by atomic mass is 35.5. The van der Waals surface area contributed by atoms with Gasteiger partial charge in [0, 0.05) is 29.9 Å². The number of halogens is 1. The van der Waals surface area contributed by atoms with Gasteiger partial charge in [-0.3, -0.25) is 0 Å². The summed E-state index contributed by atoms with van der Waals surface area (Å²) in [6.07, 6.45) is 2.90. The third-order valence-electron chi connectivity index (χ3n) is 4.17. The van der Waals surface area contributed by atoms with Crippen molar-refractivity contribution in [3.05, 3.63) is 40.5 Å². The molecule has 2 aromatic rings. The average molecular weight is 395 g/mol. The zero-order valence-electron chi connectivity index (χ0n) is 14.9. The number of hydrogen-bond acceptors (Lipinski definition) is 7. The summed E-state index contributed by atoms with van der Waals surface area (Å²) in [5.41, 5.74) is 7.68. The second-order valence-corrected chi connectivity index (χ2v) is 7.32. The number of benzene rings is 1. The lowest BCUT2D eigenvalue weighted by Gasteiger charge is -2.31. The maximum atomic E-state index is 6.58. The largest absolute Gasteiger partial charge is 0.483 e. The predicted octanol–water partition coefficient (Wildman–Crippen LogP) is 3.69. The van der Waals surface area contributed by atoms with Gasteiger partial charge in [0.15, 0.2) is 0 Å². The molecule has 6 nitrogen and oxygen atoms in total. The van der Waals surface area contributed by atoms with Crippen LogP contribution in [0.2, 0.25) is 5.02 Å². The van der Waals surface area contributed by atoms with Gasteiger partial charge in [0.05, 0.1) is 12.6 Å². The third kappa shape index (κ3) is 4.52. The molecule has 2 N–H and O–H groups in total. The van der Waals surface area contributed by atoms with Gasteiger partial charge >= 0.3 is 0 Å². The van der Waals surface area contributed by atoms with Crippen LogP contribution in [0.25, 0.3) is 0 Å².